The molecule has 1 aromatic carbocycles. The van der Waals surface area contributed by atoms with Crippen molar-refractivity contribution in [3.05, 3.63) is 29.8 Å². The van der Waals surface area contributed by atoms with E-state index in [-0.39, 0.29) is 0 Å². The summed E-state index contributed by atoms with van der Waals surface area (Å²) in [5, 5.41) is 3.40. The number of hydrogen-bond acceptors (Lipinski definition) is 2. The van der Waals surface area contributed by atoms with Crippen molar-refractivity contribution in [2.24, 2.45) is 0 Å². The monoisotopic (exact) mass is 233 g/mol. The van der Waals surface area contributed by atoms with Crippen molar-refractivity contribution in [2.75, 3.05) is 7.05 Å². The highest BCUT2D eigenvalue weighted by atomic mass is 16.5. The molecule has 1 aliphatic rings. The van der Waals surface area contributed by atoms with Crippen LogP contribution in [0.4, 0.5) is 0 Å². The van der Waals surface area contributed by atoms with Gasteiger partial charge in [-0.2, -0.15) is 0 Å². The molecule has 0 spiro atoms. The van der Waals surface area contributed by atoms with Gasteiger partial charge >= 0.3 is 0 Å². The number of likely N-dealkylation sites (N-methyl/N-ethyl adjacent to an activating group) is 1. The Hall–Kier alpha value is -1.02. The second kappa shape index (κ2) is 6.06. The van der Waals surface area contributed by atoms with Gasteiger partial charge < -0.3 is 10.1 Å². The molecule has 94 valence electrons. The molecule has 2 rings (SSSR count). The van der Waals surface area contributed by atoms with E-state index in [9.17, 15) is 0 Å². The summed E-state index contributed by atoms with van der Waals surface area (Å²) in [6.45, 7) is 2.10. The van der Waals surface area contributed by atoms with Crippen LogP contribution in [0.3, 0.4) is 0 Å². The fraction of sp³-hybridized carbons (Fsp3) is 0.600. The van der Waals surface area contributed by atoms with E-state index in [0.29, 0.717) is 12.1 Å². The van der Waals surface area contributed by atoms with Crippen LogP contribution in [-0.4, -0.2) is 19.2 Å². The Balaban J connectivity index is 2.01. The van der Waals surface area contributed by atoms with Crippen LogP contribution in [0.25, 0.3) is 0 Å². The lowest BCUT2D eigenvalue weighted by molar-refractivity contribution is 0.149. The van der Waals surface area contributed by atoms with Crippen LogP contribution >= 0.6 is 0 Å². The second-order valence-electron chi connectivity index (χ2n) is 5.00. The van der Waals surface area contributed by atoms with E-state index < -0.39 is 0 Å². The number of rotatable bonds is 3. The van der Waals surface area contributed by atoms with Crippen molar-refractivity contribution < 1.29 is 4.74 Å². The molecule has 2 heteroatoms. The number of ether oxygens (including phenoxy) is 1. The van der Waals surface area contributed by atoms with Gasteiger partial charge in [0.15, 0.2) is 0 Å². The molecule has 0 aromatic heterocycles. The molecule has 0 aliphatic heterocycles. The zero-order chi connectivity index (χ0) is 12.1. The molecular weight excluding hydrogens is 210 g/mol. The minimum absolute atomic E-state index is 0.324. The molecule has 17 heavy (non-hydrogen) atoms. The zero-order valence-electron chi connectivity index (χ0n) is 10.9. The summed E-state index contributed by atoms with van der Waals surface area (Å²) in [4.78, 5) is 0. The van der Waals surface area contributed by atoms with Crippen LogP contribution in [0, 0.1) is 6.92 Å². The maximum absolute atomic E-state index is 6.13. The van der Waals surface area contributed by atoms with Gasteiger partial charge in [0.1, 0.15) is 11.9 Å². The van der Waals surface area contributed by atoms with Crippen molar-refractivity contribution in [2.45, 2.75) is 51.2 Å². The first-order valence-electron chi connectivity index (χ1n) is 6.70. The fourth-order valence-electron chi connectivity index (χ4n) is 2.54. The molecule has 0 heterocycles. The smallest absolute Gasteiger partial charge is 0.119 e. The summed E-state index contributed by atoms with van der Waals surface area (Å²) in [6.07, 6.45) is 6.66. The zero-order valence-corrected chi connectivity index (χ0v) is 10.9. The lowest BCUT2D eigenvalue weighted by atomic mass is 10.1. The fourth-order valence-corrected chi connectivity index (χ4v) is 2.54. The van der Waals surface area contributed by atoms with E-state index in [1.807, 2.05) is 7.05 Å². The first-order chi connectivity index (χ1) is 8.29. The van der Waals surface area contributed by atoms with Crippen LogP contribution < -0.4 is 10.1 Å². The summed E-state index contributed by atoms with van der Waals surface area (Å²) >= 11 is 0. The van der Waals surface area contributed by atoms with E-state index >= 15 is 0 Å². The van der Waals surface area contributed by atoms with Gasteiger partial charge in [0.2, 0.25) is 0 Å². The van der Waals surface area contributed by atoms with Crippen molar-refractivity contribution in [3.8, 4) is 5.75 Å². The number of benzene rings is 1. The van der Waals surface area contributed by atoms with Crippen LogP contribution in [0.2, 0.25) is 0 Å². The highest BCUT2D eigenvalue weighted by Crippen LogP contribution is 2.23. The Kier molecular flexibility index (Phi) is 4.43. The van der Waals surface area contributed by atoms with Gasteiger partial charge in [-0.3, -0.25) is 0 Å². The quantitative estimate of drug-likeness (QED) is 0.809. The van der Waals surface area contributed by atoms with E-state index in [2.05, 4.69) is 36.5 Å². The SMILES string of the molecule is CNC1CCCCCC1Oc1ccc(C)cc1. The molecule has 0 bridgehead atoms. The minimum Gasteiger partial charge on any atom is -0.489 e. The topological polar surface area (TPSA) is 21.3 Å². The minimum atomic E-state index is 0.324. The largest absolute Gasteiger partial charge is 0.489 e. The van der Waals surface area contributed by atoms with E-state index in [4.69, 9.17) is 4.74 Å². The molecule has 1 aliphatic carbocycles. The number of aryl methyl sites for hydroxylation is 1. The van der Waals surface area contributed by atoms with Crippen molar-refractivity contribution in [3.63, 3.8) is 0 Å². The van der Waals surface area contributed by atoms with E-state index in [1.54, 1.807) is 0 Å². The lowest BCUT2D eigenvalue weighted by Crippen LogP contribution is -2.40. The first-order valence-corrected chi connectivity index (χ1v) is 6.70. The van der Waals surface area contributed by atoms with Gasteiger partial charge in [0.25, 0.3) is 0 Å². The summed E-state index contributed by atoms with van der Waals surface area (Å²) < 4.78 is 6.13. The Bertz CT molecular complexity index is 333. The first kappa shape index (κ1) is 12.4. The maximum atomic E-state index is 6.13. The molecule has 1 N–H and O–H groups in total. The molecule has 2 unspecified atom stereocenters. The van der Waals surface area contributed by atoms with Crippen molar-refractivity contribution in [1.82, 2.24) is 5.32 Å². The number of nitrogens with one attached hydrogen (secondary N) is 1. The summed E-state index contributed by atoms with van der Waals surface area (Å²) in [6, 6.07) is 8.87. The molecule has 0 amide bonds. The van der Waals surface area contributed by atoms with Crippen LogP contribution in [0.1, 0.15) is 37.7 Å². The van der Waals surface area contributed by atoms with Gasteiger partial charge in [-0.15, -0.1) is 0 Å². The average molecular weight is 233 g/mol. The Morgan fingerprint density at radius 2 is 1.76 bits per heavy atom. The average Bonchev–Trinajstić information content (AvgIpc) is 2.57. The molecule has 2 atom stereocenters. The molecule has 0 saturated heterocycles. The third-order valence-electron chi connectivity index (χ3n) is 3.63. The predicted molar refractivity (Wildman–Crippen MR) is 71.5 cm³/mol. The van der Waals surface area contributed by atoms with Gasteiger partial charge in [-0.05, 0) is 45.4 Å². The van der Waals surface area contributed by atoms with Gasteiger partial charge in [-0.1, -0.05) is 30.5 Å². The molecule has 1 saturated carbocycles. The highest BCUT2D eigenvalue weighted by molar-refractivity contribution is 5.26. The molecule has 1 aromatic rings. The summed E-state index contributed by atoms with van der Waals surface area (Å²) in [5.74, 6) is 1.00. The van der Waals surface area contributed by atoms with Gasteiger partial charge in [0, 0.05) is 6.04 Å². The Labute approximate surface area is 104 Å². The van der Waals surface area contributed by atoms with Crippen molar-refractivity contribution in [1.29, 1.82) is 0 Å². The number of hydrogen-bond donors (Lipinski definition) is 1. The molecular formula is C15H23NO. The normalized spacial score (nSPS) is 25.3. The van der Waals surface area contributed by atoms with Crippen LogP contribution in [-0.2, 0) is 0 Å². The highest BCUT2D eigenvalue weighted by Gasteiger charge is 2.23. The van der Waals surface area contributed by atoms with Crippen LogP contribution in [0.5, 0.6) is 5.75 Å². The standard InChI is InChI=1S/C15H23NO/c1-12-8-10-13(11-9-12)17-15-7-5-3-4-6-14(15)16-2/h8-11,14-16H,3-7H2,1-2H3. The summed E-state index contributed by atoms with van der Waals surface area (Å²) in [5.41, 5.74) is 1.28. The van der Waals surface area contributed by atoms with Crippen LogP contribution in [0.15, 0.2) is 24.3 Å². The third kappa shape index (κ3) is 3.47. The molecule has 1 fully saturated rings. The van der Waals surface area contributed by atoms with Gasteiger partial charge in [-0.25, -0.2) is 0 Å². The predicted octanol–water partition coefficient (Wildman–Crippen LogP) is 3.29. The van der Waals surface area contributed by atoms with E-state index in [0.717, 1.165) is 5.75 Å². The molecule has 0 radical (unpaired) electrons. The third-order valence-corrected chi connectivity index (χ3v) is 3.63. The Morgan fingerprint density at radius 1 is 1.06 bits per heavy atom. The summed E-state index contributed by atoms with van der Waals surface area (Å²) in [7, 11) is 2.04. The van der Waals surface area contributed by atoms with Gasteiger partial charge in [0.05, 0.1) is 0 Å². The molecule has 2 nitrogen and oxygen atoms in total. The lowest BCUT2D eigenvalue weighted by Gasteiger charge is -2.25. The second-order valence-corrected chi connectivity index (χ2v) is 5.00. The van der Waals surface area contributed by atoms with Crippen molar-refractivity contribution >= 4 is 0 Å². The Morgan fingerprint density at radius 3 is 2.47 bits per heavy atom. The van der Waals surface area contributed by atoms with E-state index in [1.165, 1.54) is 37.7 Å². The maximum Gasteiger partial charge on any atom is 0.119 e.